The maximum absolute atomic E-state index is 12.1. The molecule has 0 aliphatic heterocycles. The molecule has 0 saturated carbocycles. The number of benzene rings is 1. The van der Waals surface area contributed by atoms with Crippen molar-refractivity contribution in [3.05, 3.63) is 44.9 Å². The molecule has 0 spiro atoms. The Kier molecular flexibility index (Phi) is 3.83. The number of rotatable bonds is 5. The Hall–Kier alpha value is -2.64. The SMILES string of the molecule is CCCNc1nn(C)c(=O)n1-c1ccc([N+](=O)[O-])cc1. The Morgan fingerprint density at radius 1 is 1.35 bits per heavy atom. The number of nitrogens with one attached hydrogen (secondary N) is 1. The Balaban J connectivity index is 2.45. The molecule has 0 radical (unpaired) electrons. The second-order valence-corrected chi connectivity index (χ2v) is 4.27. The zero-order valence-electron chi connectivity index (χ0n) is 11.2. The third-order valence-corrected chi connectivity index (χ3v) is 2.78. The van der Waals surface area contributed by atoms with Crippen LogP contribution in [0, 0.1) is 10.1 Å². The van der Waals surface area contributed by atoms with Gasteiger partial charge in [-0.3, -0.25) is 10.1 Å². The second kappa shape index (κ2) is 5.55. The van der Waals surface area contributed by atoms with E-state index in [0.29, 0.717) is 18.2 Å². The summed E-state index contributed by atoms with van der Waals surface area (Å²) in [4.78, 5) is 22.2. The van der Waals surface area contributed by atoms with Gasteiger partial charge in [0.1, 0.15) is 0 Å². The maximum Gasteiger partial charge on any atom is 0.351 e. The fourth-order valence-corrected chi connectivity index (χ4v) is 1.77. The van der Waals surface area contributed by atoms with E-state index in [1.165, 1.54) is 33.5 Å². The van der Waals surface area contributed by atoms with Gasteiger partial charge in [-0.2, -0.15) is 0 Å². The van der Waals surface area contributed by atoms with E-state index in [1.807, 2.05) is 6.92 Å². The van der Waals surface area contributed by atoms with E-state index in [4.69, 9.17) is 0 Å². The van der Waals surface area contributed by atoms with E-state index >= 15 is 0 Å². The first kappa shape index (κ1) is 13.8. The van der Waals surface area contributed by atoms with E-state index in [2.05, 4.69) is 10.4 Å². The monoisotopic (exact) mass is 277 g/mol. The molecule has 0 atom stereocenters. The highest BCUT2D eigenvalue weighted by atomic mass is 16.6. The maximum atomic E-state index is 12.1. The third kappa shape index (κ3) is 2.53. The topological polar surface area (TPSA) is 95.0 Å². The summed E-state index contributed by atoms with van der Waals surface area (Å²) in [6.07, 6.45) is 0.894. The molecule has 8 heteroatoms. The molecule has 106 valence electrons. The van der Waals surface area contributed by atoms with Crippen LogP contribution in [0.1, 0.15) is 13.3 Å². The van der Waals surface area contributed by atoms with Crippen LogP contribution in [0.3, 0.4) is 0 Å². The van der Waals surface area contributed by atoms with Gasteiger partial charge in [0.15, 0.2) is 0 Å². The number of nitro groups is 1. The molecule has 0 aliphatic carbocycles. The molecule has 1 aromatic carbocycles. The second-order valence-electron chi connectivity index (χ2n) is 4.27. The molecule has 1 heterocycles. The largest absolute Gasteiger partial charge is 0.354 e. The number of nitro benzene ring substituents is 1. The average molecular weight is 277 g/mol. The van der Waals surface area contributed by atoms with Crippen molar-refractivity contribution in [2.75, 3.05) is 11.9 Å². The zero-order chi connectivity index (χ0) is 14.7. The molecule has 20 heavy (non-hydrogen) atoms. The number of nitrogens with zero attached hydrogens (tertiary/aromatic N) is 4. The summed E-state index contributed by atoms with van der Waals surface area (Å²) in [5.41, 5.74) is 0.207. The summed E-state index contributed by atoms with van der Waals surface area (Å²) >= 11 is 0. The van der Waals surface area contributed by atoms with Crippen molar-refractivity contribution in [3.8, 4) is 5.69 Å². The fourth-order valence-electron chi connectivity index (χ4n) is 1.77. The number of aromatic nitrogens is 3. The molecular weight excluding hydrogens is 262 g/mol. The van der Waals surface area contributed by atoms with Crippen molar-refractivity contribution in [1.29, 1.82) is 0 Å². The minimum atomic E-state index is -0.480. The van der Waals surface area contributed by atoms with Crippen molar-refractivity contribution in [3.63, 3.8) is 0 Å². The number of anilines is 1. The summed E-state index contributed by atoms with van der Waals surface area (Å²) in [7, 11) is 1.56. The van der Waals surface area contributed by atoms with Crippen LogP contribution >= 0.6 is 0 Å². The van der Waals surface area contributed by atoms with Crippen molar-refractivity contribution in [1.82, 2.24) is 14.3 Å². The van der Waals surface area contributed by atoms with Gasteiger partial charge in [0.25, 0.3) is 5.69 Å². The first-order valence-electron chi connectivity index (χ1n) is 6.19. The zero-order valence-corrected chi connectivity index (χ0v) is 11.2. The Morgan fingerprint density at radius 2 is 2.00 bits per heavy atom. The van der Waals surface area contributed by atoms with Crippen LogP contribution in [0.5, 0.6) is 0 Å². The normalized spacial score (nSPS) is 10.5. The van der Waals surface area contributed by atoms with Crippen LogP contribution in [0.4, 0.5) is 11.6 Å². The van der Waals surface area contributed by atoms with E-state index in [-0.39, 0.29) is 11.4 Å². The van der Waals surface area contributed by atoms with Crippen LogP contribution in [0.15, 0.2) is 29.1 Å². The summed E-state index contributed by atoms with van der Waals surface area (Å²) in [5, 5.41) is 17.8. The molecule has 1 aromatic heterocycles. The first-order valence-corrected chi connectivity index (χ1v) is 6.19. The van der Waals surface area contributed by atoms with Gasteiger partial charge >= 0.3 is 5.69 Å². The lowest BCUT2D eigenvalue weighted by atomic mass is 10.3. The molecule has 2 aromatic rings. The lowest BCUT2D eigenvalue weighted by molar-refractivity contribution is -0.384. The molecule has 0 amide bonds. The number of aryl methyl sites for hydroxylation is 1. The molecule has 0 aliphatic rings. The summed E-state index contributed by atoms with van der Waals surface area (Å²) in [6.45, 7) is 2.69. The smallest absolute Gasteiger partial charge is 0.351 e. The number of non-ortho nitro benzene ring substituents is 1. The van der Waals surface area contributed by atoms with Crippen LogP contribution in [-0.4, -0.2) is 25.8 Å². The third-order valence-electron chi connectivity index (χ3n) is 2.78. The van der Waals surface area contributed by atoms with Gasteiger partial charge in [-0.1, -0.05) is 6.92 Å². The number of hydrogen-bond acceptors (Lipinski definition) is 5. The minimum absolute atomic E-state index is 0.0197. The molecule has 2 rings (SSSR count). The van der Waals surface area contributed by atoms with Crippen LogP contribution < -0.4 is 11.0 Å². The van der Waals surface area contributed by atoms with E-state index in [9.17, 15) is 14.9 Å². The van der Waals surface area contributed by atoms with Crippen LogP contribution in [0.2, 0.25) is 0 Å². The highest BCUT2D eigenvalue weighted by Gasteiger charge is 2.13. The minimum Gasteiger partial charge on any atom is -0.354 e. The predicted molar refractivity (Wildman–Crippen MR) is 74.2 cm³/mol. The lowest BCUT2D eigenvalue weighted by Gasteiger charge is -2.06. The highest BCUT2D eigenvalue weighted by molar-refractivity contribution is 5.45. The van der Waals surface area contributed by atoms with Gasteiger partial charge in [-0.15, -0.1) is 5.10 Å². The molecule has 0 bridgehead atoms. The van der Waals surface area contributed by atoms with Crippen molar-refractivity contribution in [2.24, 2.45) is 7.05 Å². The van der Waals surface area contributed by atoms with E-state index < -0.39 is 4.92 Å². The van der Waals surface area contributed by atoms with Crippen molar-refractivity contribution >= 4 is 11.6 Å². The number of hydrogen-bond donors (Lipinski definition) is 1. The molecule has 0 fully saturated rings. The fraction of sp³-hybridized carbons (Fsp3) is 0.333. The Morgan fingerprint density at radius 3 is 2.55 bits per heavy atom. The molecule has 8 nitrogen and oxygen atoms in total. The van der Waals surface area contributed by atoms with Gasteiger partial charge in [0.05, 0.1) is 10.6 Å². The van der Waals surface area contributed by atoms with Gasteiger partial charge in [0.2, 0.25) is 5.95 Å². The van der Waals surface area contributed by atoms with Gasteiger partial charge < -0.3 is 5.32 Å². The highest BCUT2D eigenvalue weighted by Crippen LogP contribution is 2.16. The van der Waals surface area contributed by atoms with E-state index in [1.54, 1.807) is 7.05 Å². The summed E-state index contributed by atoms with van der Waals surface area (Å²) < 4.78 is 2.61. The predicted octanol–water partition coefficient (Wildman–Crippen LogP) is 1.30. The van der Waals surface area contributed by atoms with Crippen LogP contribution in [-0.2, 0) is 7.05 Å². The first-order chi connectivity index (χ1) is 9.54. The van der Waals surface area contributed by atoms with Gasteiger partial charge in [0, 0.05) is 25.7 Å². The summed E-state index contributed by atoms with van der Waals surface area (Å²) in [5.74, 6) is 0.424. The average Bonchev–Trinajstić information content (AvgIpc) is 2.72. The van der Waals surface area contributed by atoms with E-state index in [0.717, 1.165) is 6.42 Å². The molecule has 1 N–H and O–H groups in total. The molecule has 0 saturated heterocycles. The standard InChI is InChI=1S/C12H15N5O3/c1-3-8-13-11-14-15(2)12(18)16(11)9-4-6-10(7-5-9)17(19)20/h4-7H,3,8H2,1-2H3,(H,13,14). The Bertz CT molecular complexity index is 671. The van der Waals surface area contributed by atoms with Gasteiger partial charge in [-0.05, 0) is 18.6 Å². The van der Waals surface area contributed by atoms with Crippen LogP contribution in [0.25, 0.3) is 5.69 Å². The molecule has 0 unspecified atom stereocenters. The van der Waals surface area contributed by atoms with Crippen molar-refractivity contribution in [2.45, 2.75) is 13.3 Å². The lowest BCUT2D eigenvalue weighted by Crippen LogP contribution is -2.22. The molecular formula is C12H15N5O3. The van der Waals surface area contributed by atoms with Gasteiger partial charge in [-0.25, -0.2) is 14.0 Å². The summed E-state index contributed by atoms with van der Waals surface area (Å²) in [6, 6.07) is 5.77. The van der Waals surface area contributed by atoms with Crippen molar-refractivity contribution < 1.29 is 4.92 Å². The Labute approximate surface area is 114 Å². The quantitative estimate of drug-likeness (QED) is 0.656.